The summed E-state index contributed by atoms with van der Waals surface area (Å²) in [7, 11) is 0. The number of aliphatic hydroxyl groups is 2. The SMILES string of the molecule is N#CCC(O)C(O)c1c[nH]ccc1=O. The molecule has 3 N–H and O–H groups in total. The maximum Gasteiger partial charge on any atom is 0.187 e. The van der Waals surface area contributed by atoms with Gasteiger partial charge in [0.25, 0.3) is 0 Å². The van der Waals surface area contributed by atoms with Gasteiger partial charge in [-0.05, 0) is 0 Å². The average molecular weight is 194 g/mol. The molecule has 0 spiro atoms. The summed E-state index contributed by atoms with van der Waals surface area (Å²) in [6, 6.07) is 2.96. The first-order valence-corrected chi connectivity index (χ1v) is 4.07. The van der Waals surface area contributed by atoms with Crippen LogP contribution in [0, 0.1) is 11.3 Å². The lowest BCUT2D eigenvalue weighted by atomic mass is 10.0. The molecule has 74 valence electrons. The van der Waals surface area contributed by atoms with Gasteiger partial charge in [-0.25, -0.2) is 0 Å². The molecule has 5 nitrogen and oxygen atoms in total. The van der Waals surface area contributed by atoms with Gasteiger partial charge in [0, 0.05) is 24.0 Å². The highest BCUT2D eigenvalue weighted by Gasteiger charge is 2.20. The molecule has 1 rings (SSSR count). The van der Waals surface area contributed by atoms with Crippen molar-refractivity contribution < 1.29 is 10.2 Å². The highest BCUT2D eigenvalue weighted by molar-refractivity contribution is 5.14. The number of nitrogens with zero attached hydrogens (tertiary/aromatic N) is 1. The molecule has 14 heavy (non-hydrogen) atoms. The van der Waals surface area contributed by atoms with E-state index in [1.54, 1.807) is 6.07 Å². The minimum absolute atomic E-state index is 0.0650. The maximum absolute atomic E-state index is 11.2. The molecule has 0 amide bonds. The Kier molecular flexibility index (Phi) is 3.40. The molecule has 0 fully saturated rings. The number of hydrogen-bond donors (Lipinski definition) is 3. The van der Waals surface area contributed by atoms with E-state index in [0.29, 0.717) is 0 Å². The molecule has 0 aliphatic carbocycles. The lowest BCUT2D eigenvalue weighted by Gasteiger charge is -2.13. The molecule has 0 aromatic carbocycles. The van der Waals surface area contributed by atoms with Crippen LogP contribution >= 0.6 is 0 Å². The molecule has 1 aromatic heterocycles. The van der Waals surface area contributed by atoms with Gasteiger partial charge in [-0.3, -0.25) is 4.79 Å². The van der Waals surface area contributed by atoms with Crippen molar-refractivity contribution >= 4 is 0 Å². The number of hydrogen-bond acceptors (Lipinski definition) is 4. The predicted octanol–water partition coefficient (Wildman–Crippen LogP) is -0.317. The van der Waals surface area contributed by atoms with Gasteiger partial charge in [0.15, 0.2) is 5.43 Å². The third-order valence-electron chi connectivity index (χ3n) is 1.84. The van der Waals surface area contributed by atoms with Gasteiger partial charge >= 0.3 is 0 Å². The lowest BCUT2D eigenvalue weighted by Crippen LogP contribution is -2.23. The summed E-state index contributed by atoms with van der Waals surface area (Å²) >= 11 is 0. The van der Waals surface area contributed by atoms with E-state index >= 15 is 0 Å². The first-order valence-electron chi connectivity index (χ1n) is 4.07. The minimum atomic E-state index is -1.32. The van der Waals surface area contributed by atoms with E-state index in [0.717, 1.165) is 0 Å². The van der Waals surface area contributed by atoms with E-state index in [-0.39, 0.29) is 17.4 Å². The number of aromatic amines is 1. The van der Waals surface area contributed by atoms with Gasteiger partial charge in [0.05, 0.1) is 18.6 Å². The Bertz CT molecular complexity index is 394. The van der Waals surface area contributed by atoms with Crippen LogP contribution in [-0.4, -0.2) is 21.3 Å². The molecular weight excluding hydrogens is 184 g/mol. The summed E-state index contributed by atoms with van der Waals surface area (Å²) in [5, 5.41) is 27.0. The second-order valence-electron chi connectivity index (χ2n) is 2.84. The normalized spacial score (nSPS) is 14.4. The van der Waals surface area contributed by atoms with E-state index in [1.807, 2.05) is 0 Å². The van der Waals surface area contributed by atoms with Crippen LogP contribution in [0.4, 0.5) is 0 Å². The monoisotopic (exact) mass is 194 g/mol. The summed E-state index contributed by atoms with van der Waals surface area (Å²) < 4.78 is 0. The second kappa shape index (κ2) is 4.56. The molecule has 0 aliphatic heterocycles. The van der Waals surface area contributed by atoms with Gasteiger partial charge in [0.1, 0.15) is 6.10 Å². The number of nitriles is 1. The van der Waals surface area contributed by atoms with Crippen molar-refractivity contribution in [2.75, 3.05) is 0 Å². The fourth-order valence-electron chi connectivity index (χ4n) is 1.07. The Morgan fingerprint density at radius 2 is 2.29 bits per heavy atom. The Morgan fingerprint density at radius 3 is 2.86 bits per heavy atom. The van der Waals surface area contributed by atoms with E-state index in [2.05, 4.69) is 4.98 Å². The Labute approximate surface area is 80.3 Å². The fourth-order valence-corrected chi connectivity index (χ4v) is 1.07. The number of pyridine rings is 1. The highest BCUT2D eigenvalue weighted by atomic mass is 16.3. The first-order chi connectivity index (χ1) is 6.66. The Hall–Kier alpha value is -1.64. The van der Waals surface area contributed by atoms with E-state index in [1.165, 1.54) is 18.5 Å². The molecule has 2 unspecified atom stereocenters. The summed E-state index contributed by atoms with van der Waals surface area (Å²) in [4.78, 5) is 13.8. The topological polar surface area (TPSA) is 97.1 Å². The van der Waals surface area contributed by atoms with Gasteiger partial charge in [-0.15, -0.1) is 0 Å². The van der Waals surface area contributed by atoms with Crippen molar-refractivity contribution in [3.05, 3.63) is 34.2 Å². The summed E-state index contributed by atoms with van der Waals surface area (Å²) in [6.07, 6.45) is -0.0266. The number of rotatable bonds is 3. The second-order valence-corrected chi connectivity index (χ2v) is 2.84. The fraction of sp³-hybridized carbons (Fsp3) is 0.333. The van der Waals surface area contributed by atoms with Crippen molar-refractivity contribution in [3.63, 3.8) is 0 Å². The molecule has 0 aliphatic rings. The molecule has 0 saturated carbocycles. The summed E-state index contributed by atoms with van der Waals surface area (Å²) in [6.45, 7) is 0. The Morgan fingerprint density at radius 1 is 1.57 bits per heavy atom. The van der Waals surface area contributed by atoms with Crippen molar-refractivity contribution in [1.82, 2.24) is 4.98 Å². The van der Waals surface area contributed by atoms with Crippen LogP contribution in [0.5, 0.6) is 0 Å². The van der Waals surface area contributed by atoms with E-state index < -0.39 is 12.2 Å². The zero-order chi connectivity index (χ0) is 10.6. The highest BCUT2D eigenvalue weighted by Crippen LogP contribution is 2.13. The van der Waals surface area contributed by atoms with E-state index in [4.69, 9.17) is 5.26 Å². The van der Waals surface area contributed by atoms with Gasteiger partial charge in [-0.2, -0.15) is 5.26 Å². The van der Waals surface area contributed by atoms with Crippen molar-refractivity contribution in [1.29, 1.82) is 5.26 Å². The molecule has 5 heteroatoms. The lowest BCUT2D eigenvalue weighted by molar-refractivity contribution is 0.0208. The summed E-state index contributed by atoms with van der Waals surface area (Å²) in [5.41, 5.74) is -0.302. The predicted molar refractivity (Wildman–Crippen MR) is 48.3 cm³/mol. The van der Waals surface area contributed by atoms with Crippen LogP contribution in [0.15, 0.2) is 23.3 Å². The molecule has 0 saturated heterocycles. The molecule has 0 bridgehead atoms. The van der Waals surface area contributed by atoms with Crippen molar-refractivity contribution in [2.45, 2.75) is 18.6 Å². The zero-order valence-corrected chi connectivity index (χ0v) is 7.34. The smallest absolute Gasteiger partial charge is 0.187 e. The molecule has 0 radical (unpaired) electrons. The number of H-pyrrole nitrogens is 1. The van der Waals surface area contributed by atoms with Gasteiger partial charge in [0.2, 0.25) is 0 Å². The van der Waals surface area contributed by atoms with Crippen LogP contribution in [0.1, 0.15) is 18.1 Å². The van der Waals surface area contributed by atoms with Crippen LogP contribution in [0.3, 0.4) is 0 Å². The minimum Gasteiger partial charge on any atom is -0.389 e. The number of nitrogens with one attached hydrogen (secondary N) is 1. The molecule has 2 atom stereocenters. The summed E-state index contributed by atoms with van der Waals surface area (Å²) in [5.74, 6) is 0. The number of aliphatic hydroxyl groups excluding tert-OH is 2. The van der Waals surface area contributed by atoms with Crippen molar-refractivity contribution in [2.24, 2.45) is 0 Å². The van der Waals surface area contributed by atoms with Crippen molar-refractivity contribution in [3.8, 4) is 6.07 Å². The average Bonchev–Trinajstić information content (AvgIpc) is 2.18. The van der Waals surface area contributed by atoms with Crippen LogP contribution in [-0.2, 0) is 0 Å². The number of aromatic nitrogens is 1. The van der Waals surface area contributed by atoms with E-state index in [9.17, 15) is 15.0 Å². The zero-order valence-electron chi connectivity index (χ0n) is 7.34. The standard InChI is InChI=1S/C9H10N2O3/c10-3-1-8(13)9(14)6-5-11-4-2-7(6)12/h2,4-5,8-9,13-14H,1H2,(H,11,12). The third-order valence-corrected chi connectivity index (χ3v) is 1.84. The maximum atomic E-state index is 11.2. The van der Waals surface area contributed by atoms with Gasteiger partial charge < -0.3 is 15.2 Å². The van der Waals surface area contributed by atoms with Gasteiger partial charge in [-0.1, -0.05) is 0 Å². The third kappa shape index (κ3) is 2.19. The molecule has 1 aromatic rings. The Balaban J connectivity index is 2.90. The van der Waals surface area contributed by atoms with Crippen LogP contribution in [0.25, 0.3) is 0 Å². The molecule has 1 heterocycles. The largest absolute Gasteiger partial charge is 0.389 e. The van der Waals surface area contributed by atoms with Crippen LogP contribution < -0.4 is 5.43 Å². The molecular formula is C9H10N2O3. The quantitative estimate of drug-likeness (QED) is 0.614. The first kappa shape index (κ1) is 10.4. The van der Waals surface area contributed by atoms with Crippen LogP contribution in [0.2, 0.25) is 0 Å².